The number of benzene rings is 1. The third kappa shape index (κ3) is 4.66. The molecular weight excluding hydrogens is 256 g/mol. The summed E-state index contributed by atoms with van der Waals surface area (Å²) in [5.74, 6) is 0.331. The lowest BCUT2D eigenvalue weighted by Gasteiger charge is -2.12. The molecule has 0 atom stereocenters. The quantitative estimate of drug-likeness (QED) is 0.343. The highest BCUT2D eigenvalue weighted by Gasteiger charge is 2.18. The minimum Gasteiger partial charge on any atom is -0.482 e. The summed E-state index contributed by atoms with van der Waals surface area (Å²) in [6.45, 7) is 11.5. The van der Waals surface area contributed by atoms with Gasteiger partial charge >= 0.3 is 5.69 Å². The summed E-state index contributed by atoms with van der Waals surface area (Å²) in [6.07, 6.45) is 1.05. The van der Waals surface area contributed by atoms with Crippen molar-refractivity contribution in [1.82, 2.24) is 5.32 Å². The summed E-state index contributed by atoms with van der Waals surface area (Å²) < 4.78 is 5.60. The fourth-order valence-electron chi connectivity index (χ4n) is 1.92. The van der Waals surface area contributed by atoms with Gasteiger partial charge in [-0.15, -0.1) is 0 Å². The first kappa shape index (κ1) is 16.2. The van der Waals surface area contributed by atoms with Crippen LogP contribution in [0.1, 0.15) is 24.5 Å². The van der Waals surface area contributed by atoms with Crippen LogP contribution in [-0.4, -0.2) is 24.6 Å². The molecule has 0 saturated heterocycles. The average molecular weight is 278 g/mol. The van der Waals surface area contributed by atoms with E-state index in [2.05, 4.69) is 18.8 Å². The Hall–Kier alpha value is -1.88. The predicted octanol–water partition coefficient (Wildman–Crippen LogP) is 3.15. The van der Waals surface area contributed by atoms with Crippen LogP contribution < -0.4 is 10.1 Å². The molecule has 1 rings (SSSR count). The Kier molecular flexibility index (Phi) is 6.18. The molecule has 0 fully saturated rings. The van der Waals surface area contributed by atoms with E-state index in [1.54, 1.807) is 0 Å². The Morgan fingerprint density at radius 2 is 2.15 bits per heavy atom. The molecule has 0 aliphatic rings. The number of hydrogen-bond acceptors (Lipinski definition) is 4. The topological polar surface area (TPSA) is 64.4 Å². The number of nitrogens with one attached hydrogen (secondary N) is 1. The lowest BCUT2D eigenvalue weighted by Crippen LogP contribution is -2.20. The van der Waals surface area contributed by atoms with Gasteiger partial charge in [-0.3, -0.25) is 10.1 Å². The second-order valence-corrected chi connectivity index (χ2v) is 4.90. The second kappa shape index (κ2) is 7.65. The molecular formula is C15H22N2O3. The highest BCUT2D eigenvalue weighted by Crippen LogP contribution is 2.32. The molecule has 0 aromatic heterocycles. The zero-order valence-electron chi connectivity index (χ0n) is 12.4. The number of nitrogens with zero attached hydrogens (tertiary/aromatic N) is 1. The number of nitro benzene ring substituents is 1. The van der Waals surface area contributed by atoms with Crippen molar-refractivity contribution in [2.75, 3.05) is 19.7 Å². The van der Waals surface area contributed by atoms with Crippen molar-refractivity contribution >= 4 is 5.69 Å². The van der Waals surface area contributed by atoms with E-state index in [0.29, 0.717) is 12.3 Å². The van der Waals surface area contributed by atoms with E-state index in [1.165, 1.54) is 6.07 Å². The van der Waals surface area contributed by atoms with E-state index < -0.39 is 4.92 Å². The van der Waals surface area contributed by atoms with Crippen molar-refractivity contribution in [3.8, 4) is 5.75 Å². The first-order valence-corrected chi connectivity index (χ1v) is 6.71. The van der Waals surface area contributed by atoms with Crippen LogP contribution in [0.3, 0.4) is 0 Å². The highest BCUT2D eigenvalue weighted by molar-refractivity contribution is 5.53. The van der Waals surface area contributed by atoms with Crippen LogP contribution in [0.25, 0.3) is 0 Å². The summed E-state index contributed by atoms with van der Waals surface area (Å²) in [5, 5.41) is 14.3. The van der Waals surface area contributed by atoms with Crippen LogP contribution in [0.5, 0.6) is 5.75 Å². The zero-order valence-corrected chi connectivity index (χ0v) is 12.4. The fraction of sp³-hybridized carbons (Fsp3) is 0.467. The lowest BCUT2D eigenvalue weighted by molar-refractivity contribution is -0.385. The first-order chi connectivity index (χ1) is 9.45. The standard InChI is InChI=1S/C15H22N2O3/c1-5-6-16-9-12(3)10-20-15-13(4)7-11(2)8-14(15)17(18)19/h7-8,16H,3,5-6,9-10H2,1-2,4H3. The minimum atomic E-state index is -0.409. The van der Waals surface area contributed by atoms with Gasteiger partial charge in [0.05, 0.1) is 4.92 Å². The summed E-state index contributed by atoms with van der Waals surface area (Å²) in [5.41, 5.74) is 2.50. The van der Waals surface area contributed by atoms with E-state index in [4.69, 9.17) is 4.74 Å². The minimum absolute atomic E-state index is 0.0109. The van der Waals surface area contributed by atoms with Gasteiger partial charge in [-0.25, -0.2) is 0 Å². The number of nitro groups is 1. The van der Waals surface area contributed by atoms with Crippen molar-refractivity contribution in [1.29, 1.82) is 0 Å². The van der Waals surface area contributed by atoms with Crippen LogP contribution >= 0.6 is 0 Å². The van der Waals surface area contributed by atoms with Gasteiger partial charge in [0.2, 0.25) is 0 Å². The van der Waals surface area contributed by atoms with Gasteiger partial charge in [0, 0.05) is 12.6 Å². The molecule has 1 N–H and O–H groups in total. The van der Waals surface area contributed by atoms with Gasteiger partial charge in [-0.2, -0.15) is 0 Å². The Balaban J connectivity index is 2.72. The second-order valence-electron chi connectivity index (χ2n) is 4.90. The van der Waals surface area contributed by atoms with Gasteiger partial charge in [0.25, 0.3) is 0 Å². The summed E-state index contributed by atoms with van der Waals surface area (Å²) in [6, 6.07) is 3.40. The van der Waals surface area contributed by atoms with Gasteiger partial charge in [-0.05, 0) is 43.5 Å². The van der Waals surface area contributed by atoms with E-state index in [-0.39, 0.29) is 12.3 Å². The smallest absolute Gasteiger partial charge is 0.311 e. The SMILES string of the molecule is C=C(CNCCC)COc1c(C)cc(C)cc1[N+](=O)[O-]. The number of ether oxygens (including phenoxy) is 1. The van der Waals surface area contributed by atoms with Gasteiger partial charge in [-0.1, -0.05) is 19.6 Å². The molecule has 0 heterocycles. The van der Waals surface area contributed by atoms with E-state index >= 15 is 0 Å². The van der Waals surface area contributed by atoms with Crippen LogP contribution in [0.15, 0.2) is 24.3 Å². The Morgan fingerprint density at radius 1 is 1.45 bits per heavy atom. The normalized spacial score (nSPS) is 10.3. The van der Waals surface area contributed by atoms with Crippen molar-refractivity contribution in [2.24, 2.45) is 0 Å². The van der Waals surface area contributed by atoms with Crippen LogP contribution in [0.2, 0.25) is 0 Å². The molecule has 0 spiro atoms. The zero-order chi connectivity index (χ0) is 15.1. The molecule has 5 heteroatoms. The largest absolute Gasteiger partial charge is 0.482 e. The van der Waals surface area contributed by atoms with Gasteiger partial charge < -0.3 is 10.1 Å². The van der Waals surface area contributed by atoms with Crippen LogP contribution in [0.4, 0.5) is 5.69 Å². The average Bonchev–Trinajstić information content (AvgIpc) is 2.37. The predicted molar refractivity (Wildman–Crippen MR) is 80.4 cm³/mol. The summed E-state index contributed by atoms with van der Waals surface area (Å²) >= 11 is 0. The Bertz CT molecular complexity index is 498. The van der Waals surface area contributed by atoms with E-state index in [1.807, 2.05) is 19.9 Å². The molecule has 1 aromatic rings. The third-order valence-electron chi connectivity index (χ3n) is 2.82. The Labute approximate surface area is 119 Å². The lowest BCUT2D eigenvalue weighted by atomic mass is 10.1. The molecule has 1 aromatic carbocycles. The van der Waals surface area contributed by atoms with Gasteiger partial charge in [0.15, 0.2) is 5.75 Å². The molecule has 0 unspecified atom stereocenters. The van der Waals surface area contributed by atoms with Crippen molar-refractivity contribution in [2.45, 2.75) is 27.2 Å². The molecule has 0 radical (unpaired) electrons. The molecule has 0 bridgehead atoms. The fourth-order valence-corrected chi connectivity index (χ4v) is 1.92. The monoisotopic (exact) mass is 278 g/mol. The Morgan fingerprint density at radius 3 is 2.75 bits per heavy atom. The highest BCUT2D eigenvalue weighted by atomic mass is 16.6. The van der Waals surface area contributed by atoms with Crippen molar-refractivity contribution < 1.29 is 9.66 Å². The number of hydrogen-bond donors (Lipinski definition) is 1. The maximum absolute atomic E-state index is 11.1. The maximum Gasteiger partial charge on any atom is 0.311 e. The molecule has 0 amide bonds. The van der Waals surface area contributed by atoms with Crippen LogP contribution in [-0.2, 0) is 0 Å². The van der Waals surface area contributed by atoms with Crippen LogP contribution in [0, 0.1) is 24.0 Å². The maximum atomic E-state index is 11.1. The molecule has 20 heavy (non-hydrogen) atoms. The molecule has 5 nitrogen and oxygen atoms in total. The summed E-state index contributed by atoms with van der Waals surface area (Å²) in [4.78, 5) is 10.7. The molecule has 0 saturated carbocycles. The molecule has 110 valence electrons. The van der Waals surface area contributed by atoms with Crippen molar-refractivity contribution in [3.63, 3.8) is 0 Å². The van der Waals surface area contributed by atoms with E-state index in [0.717, 1.165) is 29.7 Å². The van der Waals surface area contributed by atoms with Gasteiger partial charge in [0.1, 0.15) is 6.61 Å². The first-order valence-electron chi connectivity index (χ1n) is 6.71. The number of aryl methyl sites for hydroxylation is 2. The summed E-state index contributed by atoms with van der Waals surface area (Å²) in [7, 11) is 0. The number of rotatable bonds is 8. The molecule has 0 aliphatic heterocycles. The van der Waals surface area contributed by atoms with Crippen molar-refractivity contribution in [3.05, 3.63) is 45.5 Å². The van der Waals surface area contributed by atoms with E-state index in [9.17, 15) is 10.1 Å². The third-order valence-corrected chi connectivity index (χ3v) is 2.82. The molecule has 0 aliphatic carbocycles.